The third-order valence-electron chi connectivity index (χ3n) is 2.49. The van der Waals surface area contributed by atoms with Crippen LogP contribution in [0.5, 0.6) is 0 Å². The van der Waals surface area contributed by atoms with E-state index in [1.165, 1.54) is 0 Å². The summed E-state index contributed by atoms with van der Waals surface area (Å²) in [6, 6.07) is 6.27. The van der Waals surface area contributed by atoms with Crippen molar-refractivity contribution in [3.05, 3.63) is 46.6 Å². The van der Waals surface area contributed by atoms with E-state index in [1.807, 2.05) is 0 Å². The van der Waals surface area contributed by atoms with E-state index in [2.05, 4.69) is 15.5 Å². The molecule has 0 radical (unpaired) electrons. The van der Waals surface area contributed by atoms with Crippen molar-refractivity contribution in [2.45, 2.75) is 13.0 Å². The summed E-state index contributed by atoms with van der Waals surface area (Å²) in [6.07, 6.45) is 0. The number of amides is 1. The van der Waals surface area contributed by atoms with Gasteiger partial charge in [0.25, 0.3) is 11.7 Å². The molecular weight excluding hydrogens is 270 g/mol. The van der Waals surface area contributed by atoms with E-state index < -0.39 is 11.9 Å². The van der Waals surface area contributed by atoms with Gasteiger partial charge in [0.05, 0.1) is 12.6 Å². The molecule has 2 aromatic rings. The Morgan fingerprint density at radius 1 is 1.47 bits per heavy atom. The Labute approximate surface area is 114 Å². The van der Waals surface area contributed by atoms with Gasteiger partial charge in [-0.2, -0.15) is 4.98 Å². The lowest BCUT2D eigenvalue weighted by atomic mass is 10.1. The molecule has 0 aliphatic heterocycles. The standard InChI is InChI=1S/C12H12ClN3O3/c1-7-14-11(16-19-7)12(18)15-10(6-17)8-2-4-9(13)5-3-8/h2-5,10,17H,6H2,1H3,(H,15,18). The number of benzene rings is 1. The molecule has 1 aromatic carbocycles. The van der Waals surface area contributed by atoms with E-state index in [0.29, 0.717) is 10.9 Å². The maximum Gasteiger partial charge on any atom is 0.293 e. The molecule has 0 aliphatic rings. The Balaban J connectivity index is 2.11. The number of carbonyl (C=O) groups excluding carboxylic acids is 1. The second kappa shape index (κ2) is 5.81. The van der Waals surface area contributed by atoms with Crippen LogP contribution in [0.15, 0.2) is 28.8 Å². The average molecular weight is 282 g/mol. The SMILES string of the molecule is Cc1nc(C(=O)NC(CO)c2ccc(Cl)cc2)no1. The fourth-order valence-corrected chi connectivity index (χ4v) is 1.67. The van der Waals surface area contributed by atoms with Crippen molar-refractivity contribution in [3.8, 4) is 0 Å². The first-order chi connectivity index (χ1) is 9.10. The van der Waals surface area contributed by atoms with Gasteiger partial charge >= 0.3 is 0 Å². The molecule has 2 rings (SSSR count). The summed E-state index contributed by atoms with van der Waals surface area (Å²) in [5.74, 6) is -0.270. The lowest BCUT2D eigenvalue weighted by Gasteiger charge is -2.15. The number of aromatic nitrogens is 2. The van der Waals surface area contributed by atoms with Gasteiger partial charge in [0.2, 0.25) is 5.89 Å². The Morgan fingerprint density at radius 2 is 2.16 bits per heavy atom. The second-order valence-electron chi connectivity index (χ2n) is 3.90. The number of aliphatic hydroxyl groups excluding tert-OH is 1. The summed E-state index contributed by atoms with van der Waals surface area (Å²) >= 11 is 5.78. The van der Waals surface area contributed by atoms with E-state index in [9.17, 15) is 9.90 Å². The monoisotopic (exact) mass is 281 g/mol. The van der Waals surface area contributed by atoms with E-state index in [0.717, 1.165) is 5.56 Å². The van der Waals surface area contributed by atoms with E-state index >= 15 is 0 Å². The first kappa shape index (κ1) is 13.5. The fourth-order valence-electron chi connectivity index (χ4n) is 1.54. The normalized spacial score (nSPS) is 12.2. The van der Waals surface area contributed by atoms with Crippen molar-refractivity contribution in [1.29, 1.82) is 0 Å². The van der Waals surface area contributed by atoms with Gasteiger partial charge in [-0.15, -0.1) is 0 Å². The van der Waals surface area contributed by atoms with Gasteiger partial charge in [-0.3, -0.25) is 4.79 Å². The van der Waals surface area contributed by atoms with Crippen LogP contribution >= 0.6 is 11.6 Å². The molecular formula is C12H12ClN3O3. The summed E-state index contributed by atoms with van der Waals surface area (Å²) in [6.45, 7) is 1.34. The lowest BCUT2D eigenvalue weighted by Crippen LogP contribution is -2.31. The molecule has 0 bridgehead atoms. The number of hydrogen-bond acceptors (Lipinski definition) is 5. The number of hydrogen-bond donors (Lipinski definition) is 2. The molecule has 2 N–H and O–H groups in total. The summed E-state index contributed by atoms with van der Waals surface area (Å²) in [4.78, 5) is 15.6. The molecule has 1 unspecified atom stereocenters. The summed E-state index contributed by atoms with van der Waals surface area (Å²) in [7, 11) is 0. The van der Waals surface area contributed by atoms with Gasteiger partial charge in [0, 0.05) is 11.9 Å². The highest BCUT2D eigenvalue weighted by atomic mass is 35.5. The van der Waals surface area contributed by atoms with Gasteiger partial charge in [-0.1, -0.05) is 28.9 Å². The molecule has 100 valence electrons. The Bertz CT molecular complexity index is 568. The lowest BCUT2D eigenvalue weighted by molar-refractivity contribution is 0.0902. The van der Waals surface area contributed by atoms with E-state index in [-0.39, 0.29) is 12.4 Å². The quantitative estimate of drug-likeness (QED) is 0.886. The summed E-state index contributed by atoms with van der Waals surface area (Å²) in [5.41, 5.74) is 0.737. The van der Waals surface area contributed by atoms with Crippen molar-refractivity contribution in [2.75, 3.05) is 6.61 Å². The minimum absolute atomic E-state index is 0.0649. The number of carbonyl (C=O) groups is 1. The molecule has 0 saturated carbocycles. The largest absolute Gasteiger partial charge is 0.394 e. The number of nitrogens with zero attached hydrogens (tertiary/aromatic N) is 2. The smallest absolute Gasteiger partial charge is 0.293 e. The van der Waals surface area contributed by atoms with Crippen molar-refractivity contribution in [1.82, 2.24) is 15.5 Å². The van der Waals surface area contributed by atoms with Crippen LogP contribution in [-0.2, 0) is 0 Å². The van der Waals surface area contributed by atoms with Gasteiger partial charge in [0.15, 0.2) is 0 Å². The number of aliphatic hydroxyl groups is 1. The maximum absolute atomic E-state index is 11.8. The zero-order valence-corrected chi connectivity index (χ0v) is 10.9. The third kappa shape index (κ3) is 3.30. The van der Waals surface area contributed by atoms with Gasteiger partial charge in [0.1, 0.15) is 0 Å². The average Bonchev–Trinajstić information content (AvgIpc) is 2.84. The second-order valence-corrected chi connectivity index (χ2v) is 4.33. The predicted molar refractivity (Wildman–Crippen MR) is 67.8 cm³/mol. The maximum atomic E-state index is 11.8. The molecule has 19 heavy (non-hydrogen) atoms. The Hall–Kier alpha value is -1.92. The Morgan fingerprint density at radius 3 is 2.68 bits per heavy atom. The highest BCUT2D eigenvalue weighted by Gasteiger charge is 2.18. The van der Waals surface area contributed by atoms with Crippen LogP contribution < -0.4 is 5.32 Å². The molecule has 1 atom stereocenters. The minimum Gasteiger partial charge on any atom is -0.394 e. The number of nitrogens with one attached hydrogen (secondary N) is 1. The van der Waals surface area contributed by atoms with Crippen LogP contribution in [0.4, 0.5) is 0 Å². The van der Waals surface area contributed by atoms with E-state index in [4.69, 9.17) is 16.1 Å². The Kier molecular flexibility index (Phi) is 4.13. The molecule has 0 saturated heterocycles. The molecule has 1 aromatic heterocycles. The fraction of sp³-hybridized carbons (Fsp3) is 0.250. The first-order valence-corrected chi connectivity index (χ1v) is 5.95. The molecule has 1 amide bonds. The van der Waals surface area contributed by atoms with Crippen LogP contribution in [0.2, 0.25) is 5.02 Å². The summed E-state index contributed by atoms with van der Waals surface area (Å²) < 4.78 is 4.72. The molecule has 6 nitrogen and oxygen atoms in total. The topological polar surface area (TPSA) is 88.2 Å². The third-order valence-corrected chi connectivity index (χ3v) is 2.74. The van der Waals surface area contributed by atoms with Crippen molar-refractivity contribution < 1.29 is 14.4 Å². The number of rotatable bonds is 4. The van der Waals surface area contributed by atoms with Crippen molar-refractivity contribution in [3.63, 3.8) is 0 Å². The molecule has 0 spiro atoms. The summed E-state index contributed by atoms with van der Waals surface area (Å²) in [5, 5.41) is 16.0. The zero-order chi connectivity index (χ0) is 13.8. The molecule has 0 fully saturated rings. The molecule has 7 heteroatoms. The van der Waals surface area contributed by atoms with Crippen molar-refractivity contribution in [2.24, 2.45) is 0 Å². The van der Waals surface area contributed by atoms with Crippen LogP contribution in [0.1, 0.15) is 28.1 Å². The van der Waals surface area contributed by atoms with Crippen LogP contribution in [0.3, 0.4) is 0 Å². The highest BCUT2D eigenvalue weighted by Crippen LogP contribution is 2.16. The van der Waals surface area contributed by atoms with Gasteiger partial charge in [-0.05, 0) is 17.7 Å². The number of halogens is 1. The molecule has 1 heterocycles. The van der Waals surface area contributed by atoms with Gasteiger partial charge < -0.3 is 14.9 Å². The minimum atomic E-state index is -0.552. The van der Waals surface area contributed by atoms with Crippen LogP contribution in [0.25, 0.3) is 0 Å². The first-order valence-electron chi connectivity index (χ1n) is 5.57. The zero-order valence-electron chi connectivity index (χ0n) is 10.1. The predicted octanol–water partition coefficient (Wildman–Crippen LogP) is 1.49. The van der Waals surface area contributed by atoms with Gasteiger partial charge in [-0.25, -0.2) is 0 Å². The highest BCUT2D eigenvalue weighted by molar-refractivity contribution is 6.30. The molecule has 0 aliphatic carbocycles. The van der Waals surface area contributed by atoms with Crippen molar-refractivity contribution >= 4 is 17.5 Å². The van der Waals surface area contributed by atoms with E-state index in [1.54, 1.807) is 31.2 Å². The van der Waals surface area contributed by atoms with Crippen LogP contribution in [0, 0.1) is 6.92 Å². The number of aryl methyl sites for hydroxylation is 1. The van der Waals surface area contributed by atoms with Crippen LogP contribution in [-0.4, -0.2) is 27.8 Å².